The van der Waals surface area contributed by atoms with Crippen molar-refractivity contribution in [2.75, 3.05) is 27.2 Å². The lowest BCUT2D eigenvalue weighted by Crippen LogP contribution is -2.49. The molecule has 1 fully saturated rings. The third-order valence-corrected chi connectivity index (χ3v) is 3.84. The number of nitrogens with zero attached hydrogens (tertiary/aromatic N) is 5. The molecule has 0 aromatic carbocycles. The predicted molar refractivity (Wildman–Crippen MR) is 80.2 cm³/mol. The van der Waals surface area contributed by atoms with Gasteiger partial charge in [-0.1, -0.05) is 5.16 Å². The summed E-state index contributed by atoms with van der Waals surface area (Å²) in [4.78, 5) is 23.1. The molecule has 0 radical (unpaired) electrons. The Balaban J connectivity index is 1.83. The van der Waals surface area contributed by atoms with Crippen molar-refractivity contribution in [2.24, 2.45) is 0 Å². The molecule has 3 rings (SSSR count). The summed E-state index contributed by atoms with van der Waals surface area (Å²) < 4.78 is 20.4. The van der Waals surface area contributed by atoms with Crippen LogP contribution in [0.2, 0.25) is 0 Å². The van der Waals surface area contributed by atoms with Gasteiger partial charge in [-0.25, -0.2) is 9.18 Å². The first-order valence-corrected chi connectivity index (χ1v) is 7.39. The van der Waals surface area contributed by atoms with E-state index in [0.29, 0.717) is 24.4 Å². The highest BCUT2D eigenvalue weighted by Gasteiger charge is 2.44. The topological polar surface area (TPSA) is 75.4 Å². The molecule has 122 valence electrons. The Bertz CT molecular complexity index is 690. The average molecular weight is 319 g/mol. The summed E-state index contributed by atoms with van der Waals surface area (Å²) in [7, 11) is 3.29. The van der Waals surface area contributed by atoms with Crippen molar-refractivity contribution in [1.29, 1.82) is 0 Å². The average Bonchev–Trinajstić information content (AvgIpc) is 3.06. The van der Waals surface area contributed by atoms with Gasteiger partial charge in [0.15, 0.2) is 0 Å². The second-order valence-corrected chi connectivity index (χ2v) is 5.83. The molecule has 1 aliphatic heterocycles. The van der Waals surface area contributed by atoms with Crippen molar-refractivity contribution in [2.45, 2.75) is 18.5 Å². The van der Waals surface area contributed by atoms with Crippen LogP contribution in [0.15, 0.2) is 29.0 Å². The number of aromatic nitrogens is 3. The number of pyridine rings is 1. The maximum Gasteiger partial charge on any atom is 0.319 e. The first-order valence-electron chi connectivity index (χ1n) is 7.39. The van der Waals surface area contributed by atoms with E-state index >= 15 is 4.39 Å². The quantitative estimate of drug-likeness (QED) is 0.847. The van der Waals surface area contributed by atoms with E-state index in [1.54, 1.807) is 38.6 Å². The number of rotatable bonds is 2. The molecule has 3 heterocycles. The largest absolute Gasteiger partial charge is 0.335 e. The van der Waals surface area contributed by atoms with E-state index in [1.807, 2.05) is 0 Å². The molecule has 8 heteroatoms. The molecule has 1 unspecified atom stereocenters. The van der Waals surface area contributed by atoms with Crippen LogP contribution >= 0.6 is 0 Å². The number of amides is 2. The zero-order chi connectivity index (χ0) is 16.4. The lowest BCUT2D eigenvalue weighted by molar-refractivity contribution is 0.0258. The summed E-state index contributed by atoms with van der Waals surface area (Å²) in [5.74, 6) is 0.232. The van der Waals surface area contributed by atoms with Crippen LogP contribution in [0.5, 0.6) is 0 Å². The Labute approximate surface area is 133 Å². The number of alkyl halides is 1. The number of carbonyl (C=O) groups is 1. The van der Waals surface area contributed by atoms with Crippen molar-refractivity contribution in [3.8, 4) is 11.4 Å². The minimum absolute atomic E-state index is 0.0814. The van der Waals surface area contributed by atoms with Crippen LogP contribution in [0.25, 0.3) is 11.4 Å². The summed E-state index contributed by atoms with van der Waals surface area (Å²) in [6, 6.07) is 3.23. The lowest BCUT2D eigenvalue weighted by atomic mass is 9.94. The minimum atomic E-state index is -1.82. The highest BCUT2D eigenvalue weighted by atomic mass is 19.1. The van der Waals surface area contributed by atoms with Crippen molar-refractivity contribution in [3.63, 3.8) is 0 Å². The SMILES string of the molecule is CN(C)C(=O)N1CCCC(F)(c2nc(-c3ccncc3)no2)C1. The van der Waals surface area contributed by atoms with Crippen molar-refractivity contribution >= 4 is 6.03 Å². The Kier molecular flexibility index (Phi) is 3.97. The number of urea groups is 1. The fourth-order valence-electron chi connectivity index (χ4n) is 2.66. The molecule has 2 aromatic rings. The molecule has 23 heavy (non-hydrogen) atoms. The molecule has 0 aliphatic carbocycles. The molecular formula is C15H18FN5O2. The summed E-state index contributed by atoms with van der Waals surface area (Å²) in [6.07, 6.45) is 4.01. The van der Waals surface area contributed by atoms with Crippen LogP contribution in [-0.2, 0) is 5.67 Å². The second kappa shape index (κ2) is 5.94. The Morgan fingerprint density at radius 2 is 2.13 bits per heavy atom. The van der Waals surface area contributed by atoms with Crippen LogP contribution in [0.3, 0.4) is 0 Å². The number of halogens is 1. The third-order valence-electron chi connectivity index (χ3n) is 3.84. The van der Waals surface area contributed by atoms with E-state index in [4.69, 9.17) is 4.52 Å². The minimum Gasteiger partial charge on any atom is -0.335 e. The number of piperidine rings is 1. The van der Waals surface area contributed by atoms with Crippen molar-refractivity contribution < 1.29 is 13.7 Å². The smallest absolute Gasteiger partial charge is 0.319 e. The van der Waals surface area contributed by atoms with E-state index in [0.717, 1.165) is 0 Å². The summed E-state index contributed by atoms with van der Waals surface area (Å²) in [5, 5.41) is 3.84. The summed E-state index contributed by atoms with van der Waals surface area (Å²) in [5.41, 5.74) is -1.11. The van der Waals surface area contributed by atoms with E-state index in [2.05, 4.69) is 15.1 Å². The van der Waals surface area contributed by atoms with Gasteiger partial charge < -0.3 is 14.3 Å². The predicted octanol–water partition coefficient (Wildman–Crippen LogP) is 2.07. The van der Waals surface area contributed by atoms with Gasteiger partial charge in [0.05, 0.1) is 6.54 Å². The van der Waals surface area contributed by atoms with E-state index in [9.17, 15) is 4.79 Å². The number of likely N-dealkylation sites (tertiary alicyclic amines) is 1. The van der Waals surface area contributed by atoms with Gasteiger partial charge >= 0.3 is 6.03 Å². The van der Waals surface area contributed by atoms with Crippen LogP contribution in [0.1, 0.15) is 18.7 Å². The van der Waals surface area contributed by atoms with Crippen LogP contribution in [0, 0.1) is 0 Å². The van der Waals surface area contributed by atoms with E-state index in [1.165, 1.54) is 9.80 Å². The number of carbonyl (C=O) groups excluding carboxylic acids is 1. The van der Waals surface area contributed by atoms with Gasteiger partial charge in [0.1, 0.15) is 0 Å². The van der Waals surface area contributed by atoms with E-state index in [-0.39, 0.29) is 24.9 Å². The van der Waals surface area contributed by atoms with Crippen LogP contribution in [-0.4, -0.2) is 58.1 Å². The van der Waals surface area contributed by atoms with Crippen LogP contribution in [0.4, 0.5) is 9.18 Å². The lowest BCUT2D eigenvalue weighted by Gasteiger charge is -2.36. The normalized spacial score (nSPS) is 21.3. The zero-order valence-corrected chi connectivity index (χ0v) is 13.1. The van der Waals surface area contributed by atoms with Gasteiger partial charge in [-0.05, 0) is 25.0 Å². The van der Waals surface area contributed by atoms with Gasteiger partial charge in [0.25, 0.3) is 5.89 Å². The van der Waals surface area contributed by atoms with E-state index < -0.39 is 5.67 Å². The molecule has 1 saturated heterocycles. The molecule has 2 aromatic heterocycles. The molecule has 1 atom stereocenters. The Morgan fingerprint density at radius 1 is 1.39 bits per heavy atom. The van der Waals surface area contributed by atoms with Gasteiger partial charge in [-0.2, -0.15) is 4.98 Å². The van der Waals surface area contributed by atoms with Gasteiger partial charge in [-0.15, -0.1) is 0 Å². The van der Waals surface area contributed by atoms with Gasteiger partial charge in [0, 0.05) is 38.6 Å². The maximum absolute atomic E-state index is 15.3. The number of hydrogen-bond acceptors (Lipinski definition) is 5. The second-order valence-electron chi connectivity index (χ2n) is 5.83. The standard InChI is InChI=1S/C15H18FN5O2/c1-20(2)14(22)21-9-3-6-15(16,10-21)13-18-12(19-23-13)11-4-7-17-8-5-11/h4-5,7-8H,3,6,9-10H2,1-2H3. The molecule has 2 amide bonds. The highest BCUT2D eigenvalue weighted by Crippen LogP contribution is 2.35. The van der Waals surface area contributed by atoms with Gasteiger partial charge in [-0.3, -0.25) is 4.98 Å². The molecular weight excluding hydrogens is 301 g/mol. The zero-order valence-electron chi connectivity index (χ0n) is 13.1. The van der Waals surface area contributed by atoms with Crippen LogP contribution < -0.4 is 0 Å². The number of hydrogen-bond donors (Lipinski definition) is 0. The van der Waals surface area contributed by atoms with Gasteiger partial charge in [0.2, 0.25) is 11.5 Å². The molecule has 0 saturated carbocycles. The first-order chi connectivity index (χ1) is 11.0. The van der Waals surface area contributed by atoms with Crippen molar-refractivity contribution in [1.82, 2.24) is 24.9 Å². The van der Waals surface area contributed by atoms with Crippen molar-refractivity contribution in [3.05, 3.63) is 30.4 Å². The molecule has 0 spiro atoms. The molecule has 7 nitrogen and oxygen atoms in total. The molecule has 0 bridgehead atoms. The molecule has 1 aliphatic rings. The Hall–Kier alpha value is -2.51. The summed E-state index contributed by atoms with van der Waals surface area (Å²) in [6.45, 7) is 0.441. The maximum atomic E-state index is 15.3. The monoisotopic (exact) mass is 319 g/mol. The summed E-state index contributed by atoms with van der Waals surface area (Å²) >= 11 is 0. The molecule has 0 N–H and O–H groups in total. The fraction of sp³-hybridized carbons (Fsp3) is 0.467. The fourth-order valence-corrected chi connectivity index (χ4v) is 2.66. The third kappa shape index (κ3) is 3.01. The Morgan fingerprint density at radius 3 is 2.83 bits per heavy atom. The first kappa shape index (κ1) is 15.4. The highest BCUT2D eigenvalue weighted by molar-refractivity contribution is 5.74.